The second-order valence-electron chi connectivity index (χ2n) is 5.10. The summed E-state index contributed by atoms with van der Waals surface area (Å²) in [5.41, 5.74) is 4.28. The van der Waals surface area contributed by atoms with E-state index in [9.17, 15) is 0 Å². The summed E-state index contributed by atoms with van der Waals surface area (Å²) < 4.78 is 7.29. The fourth-order valence-electron chi connectivity index (χ4n) is 2.33. The van der Waals surface area contributed by atoms with Gasteiger partial charge in [-0.05, 0) is 61.0 Å². The van der Waals surface area contributed by atoms with Gasteiger partial charge in [0.1, 0.15) is 5.75 Å². The van der Waals surface area contributed by atoms with E-state index in [1.165, 1.54) is 5.56 Å². The molecule has 0 aliphatic rings. The molecule has 0 saturated heterocycles. The van der Waals surface area contributed by atoms with Crippen molar-refractivity contribution in [2.24, 2.45) is 4.99 Å². The van der Waals surface area contributed by atoms with Crippen molar-refractivity contribution in [2.75, 3.05) is 7.11 Å². The first-order chi connectivity index (χ1) is 10.8. The van der Waals surface area contributed by atoms with Crippen molar-refractivity contribution in [3.8, 4) is 11.4 Å². The van der Waals surface area contributed by atoms with E-state index < -0.39 is 0 Å². The summed E-state index contributed by atoms with van der Waals surface area (Å²) in [4.78, 5) is 4.56. The zero-order chi connectivity index (χ0) is 15.4. The van der Waals surface area contributed by atoms with Gasteiger partial charge in [-0.15, -0.1) is 0 Å². The van der Waals surface area contributed by atoms with Gasteiger partial charge >= 0.3 is 0 Å². The van der Waals surface area contributed by atoms with E-state index in [1.807, 2.05) is 60.9 Å². The van der Waals surface area contributed by atoms with Crippen molar-refractivity contribution in [3.63, 3.8) is 0 Å². The average molecular weight is 290 g/mol. The van der Waals surface area contributed by atoms with Crippen LogP contribution in [0.2, 0.25) is 0 Å². The Morgan fingerprint density at radius 1 is 1.00 bits per heavy atom. The quantitative estimate of drug-likeness (QED) is 0.648. The molecule has 3 rings (SSSR count). The molecule has 0 bridgehead atoms. The van der Waals surface area contributed by atoms with Gasteiger partial charge < -0.3 is 9.30 Å². The number of hydrogen-bond acceptors (Lipinski definition) is 2. The lowest BCUT2D eigenvalue weighted by Gasteiger charge is -2.07. The number of nitrogens with zero attached hydrogens (tertiary/aromatic N) is 2. The molecule has 0 aliphatic carbocycles. The molecule has 0 unspecified atom stereocenters. The van der Waals surface area contributed by atoms with E-state index in [0.717, 1.165) is 22.8 Å². The van der Waals surface area contributed by atoms with Crippen molar-refractivity contribution in [1.82, 2.24) is 4.57 Å². The molecule has 0 amide bonds. The normalized spacial score (nSPS) is 11.0. The van der Waals surface area contributed by atoms with E-state index in [0.29, 0.717) is 0 Å². The van der Waals surface area contributed by atoms with Crippen LogP contribution < -0.4 is 4.74 Å². The molecule has 3 heteroatoms. The SMILES string of the molecule is COc1ccc(-n2cccc2C=Nc2cccc(C)c2)cc1. The zero-order valence-corrected chi connectivity index (χ0v) is 12.7. The van der Waals surface area contributed by atoms with Crippen LogP contribution in [-0.4, -0.2) is 17.9 Å². The first-order valence-corrected chi connectivity index (χ1v) is 7.19. The van der Waals surface area contributed by atoms with Gasteiger partial charge in [0, 0.05) is 11.9 Å². The molecule has 3 aromatic rings. The van der Waals surface area contributed by atoms with Gasteiger partial charge in [-0.2, -0.15) is 0 Å². The van der Waals surface area contributed by atoms with Crippen molar-refractivity contribution in [2.45, 2.75) is 6.92 Å². The fraction of sp³-hybridized carbons (Fsp3) is 0.105. The van der Waals surface area contributed by atoms with Gasteiger partial charge in [0.25, 0.3) is 0 Å². The van der Waals surface area contributed by atoms with Crippen LogP contribution in [0.3, 0.4) is 0 Å². The number of methoxy groups -OCH3 is 1. The van der Waals surface area contributed by atoms with Crippen molar-refractivity contribution >= 4 is 11.9 Å². The average Bonchev–Trinajstić information content (AvgIpc) is 3.01. The third-order valence-corrected chi connectivity index (χ3v) is 3.48. The summed E-state index contributed by atoms with van der Waals surface area (Å²) in [7, 11) is 1.67. The molecule has 0 saturated carbocycles. The van der Waals surface area contributed by atoms with E-state index in [4.69, 9.17) is 4.74 Å². The molecule has 0 aliphatic heterocycles. The van der Waals surface area contributed by atoms with Gasteiger partial charge in [0.05, 0.1) is 24.7 Å². The van der Waals surface area contributed by atoms with Crippen LogP contribution in [0.4, 0.5) is 5.69 Å². The summed E-state index contributed by atoms with van der Waals surface area (Å²) in [5.74, 6) is 0.853. The standard InChI is InChI=1S/C19H18N2O/c1-15-5-3-6-16(13-15)20-14-18-7-4-12-21(18)17-8-10-19(22-2)11-9-17/h3-14H,1-2H3. The van der Waals surface area contributed by atoms with E-state index >= 15 is 0 Å². The van der Waals surface area contributed by atoms with Crippen LogP contribution >= 0.6 is 0 Å². The van der Waals surface area contributed by atoms with Gasteiger partial charge in [0.15, 0.2) is 0 Å². The Morgan fingerprint density at radius 3 is 2.55 bits per heavy atom. The molecule has 0 fully saturated rings. The molecule has 110 valence electrons. The molecule has 0 atom stereocenters. The van der Waals surface area contributed by atoms with Crippen LogP contribution in [0.25, 0.3) is 5.69 Å². The Balaban J connectivity index is 1.88. The highest BCUT2D eigenvalue weighted by molar-refractivity contribution is 5.81. The topological polar surface area (TPSA) is 26.5 Å². The lowest BCUT2D eigenvalue weighted by molar-refractivity contribution is 0.415. The highest BCUT2D eigenvalue weighted by Gasteiger charge is 2.01. The molecule has 1 heterocycles. The third kappa shape index (κ3) is 3.09. The molecule has 0 spiro atoms. The first-order valence-electron chi connectivity index (χ1n) is 7.19. The molecular weight excluding hydrogens is 272 g/mol. The first kappa shape index (κ1) is 14.1. The Bertz CT molecular complexity index is 785. The number of aliphatic imine (C=N–C) groups is 1. The van der Waals surface area contributed by atoms with Gasteiger partial charge in [-0.3, -0.25) is 4.99 Å². The highest BCUT2D eigenvalue weighted by Crippen LogP contribution is 2.18. The van der Waals surface area contributed by atoms with E-state index in [2.05, 4.69) is 28.6 Å². The van der Waals surface area contributed by atoms with Crippen LogP contribution in [0, 0.1) is 6.92 Å². The van der Waals surface area contributed by atoms with Crippen LogP contribution in [-0.2, 0) is 0 Å². The summed E-state index contributed by atoms with van der Waals surface area (Å²) in [5, 5.41) is 0. The molecule has 1 aromatic heterocycles. The summed E-state index contributed by atoms with van der Waals surface area (Å²) in [6.07, 6.45) is 3.92. The minimum absolute atomic E-state index is 0.853. The number of aryl methyl sites for hydroxylation is 1. The van der Waals surface area contributed by atoms with Crippen LogP contribution in [0.1, 0.15) is 11.3 Å². The number of hydrogen-bond donors (Lipinski definition) is 0. The van der Waals surface area contributed by atoms with Crippen molar-refractivity contribution in [3.05, 3.63) is 78.1 Å². The Labute approximate surface area is 130 Å². The minimum atomic E-state index is 0.853. The van der Waals surface area contributed by atoms with Crippen molar-refractivity contribution < 1.29 is 4.74 Å². The molecule has 0 radical (unpaired) electrons. The fourth-order valence-corrected chi connectivity index (χ4v) is 2.33. The third-order valence-electron chi connectivity index (χ3n) is 3.48. The molecule has 2 aromatic carbocycles. The summed E-state index contributed by atoms with van der Waals surface area (Å²) in [6, 6.07) is 20.2. The number of rotatable bonds is 4. The number of aromatic nitrogens is 1. The maximum absolute atomic E-state index is 5.20. The number of benzene rings is 2. The summed E-state index contributed by atoms with van der Waals surface area (Å²) >= 11 is 0. The predicted octanol–water partition coefficient (Wildman–Crippen LogP) is 4.54. The van der Waals surface area contributed by atoms with E-state index in [-0.39, 0.29) is 0 Å². The second-order valence-corrected chi connectivity index (χ2v) is 5.10. The second kappa shape index (κ2) is 6.31. The smallest absolute Gasteiger partial charge is 0.119 e. The van der Waals surface area contributed by atoms with Crippen molar-refractivity contribution in [1.29, 1.82) is 0 Å². The lowest BCUT2D eigenvalue weighted by Crippen LogP contribution is -1.97. The largest absolute Gasteiger partial charge is 0.497 e. The highest BCUT2D eigenvalue weighted by atomic mass is 16.5. The molecule has 3 nitrogen and oxygen atoms in total. The Morgan fingerprint density at radius 2 is 1.82 bits per heavy atom. The Hall–Kier alpha value is -2.81. The molecule has 0 N–H and O–H groups in total. The number of ether oxygens (including phenoxy) is 1. The van der Waals surface area contributed by atoms with E-state index in [1.54, 1.807) is 7.11 Å². The maximum Gasteiger partial charge on any atom is 0.119 e. The lowest BCUT2D eigenvalue weighted by atomic mass is 10.2. The maximum atomic E-state index is 5.20. The van der Waals surface area contributed by atoms with Gasteiger partial charge in [0.2, 0.25) is 0 Å². The zero-order valence-electron chi connectivity index (χ0n) is 12.7. The van der Waals surface area contributed by atoms with Gasteiger partial charge in [-0.25, -0.2) is 0 Å². The monoisotopic (exact) mass is 290 g/mol. The van der Waals surface area contributed by atoms with Gasteiger partial charge in [-0.1, -0.05) is 12.1 Å². The van der Waals surface area contributed by atoms with Crippen LogP contribution in [0.5, 0.6) is 5.75 Å². The predicted molar refractivity (Wildman–Crippen MR) is 90.8 cm³/mol. The molecular formula is C19H18N2O. The van der Waals surface area contributed by atoms with Crippen LogP contribution in [0.15, 0.2) is 71.9 Å². The Kier molecular flexibility index (Phi) is 4.05. The molecule has 22 heavy (non-hydrogen) atoms. The summed E-state index contributed by atoms with van der Waals surface area (Å²) in [6.45, 7) is 2.07. The minimum Gasteiger partial charge on any atom is -0.497 e.